The number of amides is 1. The first-order chi connectivity index (χ1) is 7.79. The van der Waals surface area contributed by atoms with Crippen LogP contribution in [-0.2, 0) is 11.2 Å². The predicted octanol–water partition coefficient (Wildman–Crippen LogP) is 0.479. The maximum absolute atomic E-state index is 10.8. The molecule has 1 aromatic heterocycles. The summed E-state index contributed by atoms with van der Waals surface area (Å²) in [5.74, 6) is -0.360. The van der Waals surface area contributed by atoms with E-state index in [1.54, 1.807) is 0 Å². The summed E-state index contributed by atoms with van der Waals surface area (Å²) in [6.45, 7) is 0.0280. The van der Waals surface area contributed by atoms with Gasteiger partial charge in [-0.15, -0.1) is 0 Å². The van der Waals surface area contributed by atoms with Gasteiger partial charge in [0, 0.05) is 6.54 Å². The van der Waals surface area contributed by atoms with Crippen molar-refractivity contribution < 1.29 is 14.3 Å². The Morgan fingerprint density at radius 2 is 2.38 bits per heavy atom. The molecule has 0 atom stereocenters. The van der Waals surface area contributed by atoms with Crippen molar-refractivity contribution in [1.29, 1.82) is 0 Å². The Balaban J connectivity index is 1.96. The zero-order valence-electron chi connectivity index (χ0n) is 8.64. The van der Waals surface area contributed by atoms with Gasteiger partial charge in [-0.25, -0.2) is 4.98 Å². The number of nitrogens with zero attached hydrogens (tertiary/aromatic N) is 1. The van der Waals surface area contributed by atoms with Gasteiger partial charge in [-0.3, -0.25) is 4.79 Å². The summed E-state index contributed by atoms with van der Waals surface area (Å²) < 4.78 is 5.17. The summed E-state index contributed by atoms with van der Waals surface area (Å²) >= 11 is 0. The van der Waals surface area contributed by atoms with Crippen molar-refractivity contribution >= 4 is 17.0 Å². The predicted molar refractivity (Wildman–Crippen MR) is 57.8 cm³/mol. The van der Waals surface area contributed by atoms with E-state index in [0.29, 0.717) is 13.0 Å². The molecule has 0 fully saturated rings. The van der Waals surface area contributed by atoms with Crippen LogP contribution >= 0.6 is 0 Å². The van der Waals surface area contributed by atoms with Crippen LogP contribution in [0.25, 0.3) is 11.1 Å². The number of oxazole rings is 1. The van der Waals surface area contributed by atoms with Crippen LogP contribution < -0.4 is 5.32 Å². The molecule has 0 saturated carbocycles. The normalized spacial score (nSPS) is 10.6. The molecule has 5 heteroatoms. The molecule has 2 aromatic rings. The molecule has 1 aromatic carbocycles. The number of benzene rings is 1. The van der Waals surface area contributed by atoms with Gasteiger partial charge in [-0.2, -0.15) is 0 Å². The lowest BCUT2D eigenvalue weighted by atomic mass is 10.1. The minimum Gasteiger partial charge on any atom is -0.443 e. The van der Waals surface area contributed by atoms with Crippen molar-refractivity contribution in [3.63, 3.8) is 0 Å². The highest BCUT2D eigenvalue weighted by Gasteiger charge is 2.01. The number of aliphatic hydroxyl groups excluding tert-OH is 1. The Kier molecular flexibility index (Phi) is 3.16. The second-order valence-corrected chi connectivity index (χ2v) is 3.41. The number of fused-ring (bicyclic) bond motifs is 1. The molecule has 0 aliphatic carbocycles. The zero-order chi connectivity index (χ0) is 11.4. The molecule has 16 heavy (non-hydrogen) atoms. The maximum Gasteiger partial charge on any atom is 0.245 e. The minimum absolute atomic E-state index is 0.360. The molecule has 0 saturated heterocycles. The van der Waals surface area contributed by atoms with Crippen molar-refractivity contribution in [2.24, 2.45) is 0 Å². The fraction of sp³-hybridized carbons (Fsp3) is 0.273. The number of aliphatic hydroxyl groups is 1. The monoisotopic (exact) mass is 220 g/mol. The fourth-order valence-corrected chi connectivity index (χ4v) is 1.46. The van der Waals surface area contributed by atoms with E-state index in [2.05, 4.69) is 10.3 Å². The molecule has 0 aliphatic heterocycles. The van der Waals surface area contributed by atoms with Gasteiger partial charge in [0.15, 0.2) is 12.0 Å². The number of aromatic nitrogens is 1. The van der Waals surface area contributed by atoms with Crippen LogP contribution in [0.1, 0.15) is 5.56 Å². The van der Waals surface area contributed by atoms with Gasteiger partial charge >= 0.3 is 0 Å². The average Bonchev–Trinajstić information content (AvgIpc) is 2.76. The molecule has 0 aliphatic rings. The highest BCUT2D eigenvalue weighted by atomic mass is 16.3. The van der Waals surface area contributed by atoms with E-state index in [9.17, 15) is 4.79 Å². The maximum atomic E-state index is 10.8. The summed E-state index contributed by atoms with van der Waals surface area (Å²) in [7, 11) is 0. The second kappa shape index (κ2) is 4.76. The molecule has 0 bridgehead atoms. The van der Waals surface area contributed by atoms with Gasteiger partial charge in [0.05, 0.1) is 0 Å². The minimum atomic E-state index is -0.471. The number of hydrogen-bond acceptors (Lipinski definition) is 4. The first kappa shape index (κ1) is 10.6. The quantitative estimate of drug-likeness (QED) is 0.785. The highest BCUT2D eigenvalue weighted by molar-refractivity contribution is 5.77. The standard InChI is InChI=1S/C11H12N2O3/c14-6-11(15)12-4-3-8-1-2-9-10(5-8)16-7-13-9/h1-2,5,7,14H,3-4,6H2,(H,12,15). The van der Waals surface area contributed by atoms with Gasteiger partial charge in [0.1, 0.15) is 12.1 Å². The van der Waals surface area contributed by atoms with E-state index in [0.717, 1.165) is 16.7 Å². The number of nitrogens with one attached hydrogen (secondary N) is 1. The van der Waals surface area contributed by atoms with Crippen molar-refractivity contribution in [2.45, 2.75) is 6.42 Å². The Morgan fingerprint density at radius 3 is 3.19 bits per heavy atom. The van der Waals surface area contributed by atoms with Crippen molar-refractivity contribution in [3.8, 4) is 0 Å². The van der Waals surface area contributed by atoms with E-state index < -0.39 is 6.61 Å². The number of carbonyl (C=O) groups is 1. The van der Waals surface area contributed by atoms with Gasteiger partial charge in [0.25, 0.3) is 0 Å². The molecule has 0 unspecified atom stereocenters. The average molecular weight is 220 g/mol. The van der Waals surface area contributed by atoms with Crippen LogP contribution in [-0.4, -0.2) is 29.1 Å². The molecular weight excluding hydrogens is 208 g/mol. The first-order valence-electron chi connectivity index (χ1n) is 4.99. The molecule has 5 nitrogen and oxygen atoms in total. The van der Waals surface area contributed by atoms with Gasteiger partial charge in [0.2, 0.25) is 5.91 Å². The Morgan fingerprint density at radius 1 is 1.50 bits per heavy atom. The summed E-state index contributed by atoms with van der Waals surface area (Å²) in [4.78, 5) is 14.8. The lowest BCUT2D eigenvalue weighted by Crippen LogP contribution is -2.28. The van der Waals surface area contributed by atoms with E-state index >= 15 is 0 Å². The van der Waals surface area contributed by atoms with Gasteiger partial charge in [-0.05, 0) is 24.1 Å². The second-order valence-electron chi connectivity index (χ2n) is 3.41. The molecule has 1 heterocycles. The Labute approximate surface area is 92.1 Å². The molecule has 0 spiro atoms. The SMILES string of the molecule is O=C(CO)NCCc1ccc2ncoc2c1. The summed E-state index contributed by atoms with van der Waals surface area (Å²) in [5, 5.41) is 11.1. The van der Waals surface area contributed by atoms with Crippen LogP contribution in [0.15, 0.2) is 29.0 Å². The van der Waals surface area contributed by atoms with Crippen LogP contribution in [0.2, 0.25) is 0 Å². The smallest absolute Gasteiger partial charge is 0.245 e. The summed E-state index contributed by atoms with van der Waals surface area (Å²) in [6.07, 6.45) is 2.10. The van der Waals surface area contributed by atoms with Crippen LogP contribution in [0.3, 0.4) is 0 Å². The lowest BCUT2D eigenvalue weighted by molar-refractivity contribution is -0.123. The molecule has 2 N–H and O–H groups in total. The first-order valence-corrected chi connectivity index (χ1v) is 4.99. The Hall–Kier alpha value is -1.88. The Bertz CT molecular complexity index is 493. The van der Waals surface area contributed by atoms with Crippen LogP contribution in [0.4, 0.5) is 0 Å². The van der Waals surface area contributed by atoms with Crippen LogP contribution in [0.5, 0.6) is 0 Å². The lowest BCUT2D eigenvalue weighted by Gasteiger charge is -2.02. The van der Waals surface area contributed by atoms with Crippen molar-refractivity contribution in [1.82, 2.24) is 10.3 Å². The van der Waals surface area contributed by atoms with E-state index in [4.69, 9.17) is 9.52 Å². The van der Waals surface area contributed by atoms with E-state index in [-0.39, 0.29) is 5.91 Å². The van der Waals surface area contributed by atoms with E-state index in [1.165, 1.54) is 6.39 Å². The molecular formula is C11H12N2O3. The number of rotatable bonds is 4. The third-order valence-corrected chi connectivity index (χ3v) is 2.28. The topological polar surface area (TPSA) is 75.4 Å². The fourth-order valence-electron chi connectivity index (χ4n) is 1.46. The van der Waals surface area contributed by atoms with E-state index in [1.807, 2.05) is 18.2 Å². The van der Waals surface area contributed by atoms with Crippen LogP contribution in [0, 0.1) is 0 Å². The highest BCUT2D eigenvalue weighted by Crippen LogP contribution is 2.14. The largest absolute Gasteiger partial charge is 0.443 e. The summed E-state index contributed by atoms with van der Waals surface area (Å²) in [6, 6.07) is 5.71. The number of carbonyl (C=O) groups excluding carboxylic acids is 1. The zero-order valence-corrected chi connectivity index (χ0v) is 8.64. The molecule has 84 valence electrons. The van der Waals surface area contributed by atoms with Crippen molar-refractivity contribution in [2.75, 3.05) is 13.2 Å². The van der Waals surface area contributed by atoms with Gasteiger partial charge in [-0.1, -0.05) is 6.07 Å². The third kappa shape index (κ3) is 2.38. The molecule has 0 radical (unpaired) electrons. The summed E-state index contributed by atoms with van der Waals surface area (Å²) in [5.41, 5.74) is 2.62. The van der Waals surface area contributed by atoms with Crippen molar-refractivity contribution in [3.05, 3.63) is 30.2 Å². The molecule has 2 rings (SSSR count). The molecule has 1 amide bonds. The number of hydrogen-bond donors (Lipinski definition) is 2. The third-order valence-electron chi connectivity index (χ3n) is 2.28. The van der Waals surface area contributed by atoms with Gasteiger partial charge < -0.3 is 14.8 Å².